The minimum Gasteiger partial charge on any atom is -0.424 e. The molecule has 0 heterocycles. The van der Waals surface area contributed by atoms with E-state index < -0.39 is 12.3 Å². The summed E-state index contributed by atoms with van der Waals surface area (Å²) in [7, 11) is 0. The zero-order chi connectivity index (χ0) is 8.57. The van der Waals surface area contributed by atoms with Crippen LogP contribution in [0.1, 0.15) is 0 Å². The molecule has 0 bridgehead atoms. The average Bonchev–Trinajstić information content (AvgIpc) is 1.89. The third kappa shape index (κ3) is 49.6. The smallest absolute Gasteiger partial charge is 0.424 e. The van der Waals surface area contributed by atoms with Gasteiger partial charge >= 0.3 is 16.5 Å². The quantitative estimate of drug-likeness (QED) is 0.258. The molecule has 0 amide bonds. The zero-order valence-electron chi connectivity index (χ0n) is 4.66. The summed E-state index contributed by atoms with van der Waals surface area (Å²) in [5, 5.41) is 31.5. The number of carbonyl (C=O) groups is 2. The third-order valence-corrected chi connectivity index (χ3v) is 0.149. The van der Waals surface area contributed by atoms with Gasteiger partial charge in [0.15, 0.2) is 0 Å². The molecule has 0 aromatic rings. The standard InChI is InChI=1S/2CH2O4.Ni/c2*2-1(3)5-4;/h2*4H,(H,2,3);/q;;+2/p-2. The van der Waals surface area contributed by atoms with Crippen LogP contribution in [-0.2, 0) is 26.3 Å². The summed E-state index contributed by atoms with van der Waals surface area (Å²) in [5.74, 6) is 0. The third-order valence-electron chi connectivity index (χ3n) is 0.149. The van der Waals surface area contributed by atoms with E-state index in [-0.39, 0.29) is 16.5 Å². The van der Waals surface area contributed by atoms with Crippen LogP contribution in [0, 0.1) is 0 Å². The number of carboxylic acid groups (broad SMARTS) is 2. The van der Waals surface area contributed by atoms with Crippen molar-refractivity contribution in [3.63, 3.8) is 0 Å². The molecule has 0 aliphatic heterocycles. The average molecular weight is 213 g/mol. The van der Waals surface area contributed by atoms with Gasteiger partial charge in [-0.1, -0.05) is 0 Å². The summed E-state index contributed by atoms with van der Waals surface area (Å²) >= 11 is 0. The van der Waals surface area contributed by atoms with Crippen LogP contribution in [0.25, 0.3) is 0 Å². The molecule has 68 valence electrons. The predicted molar refractivity (Wildman–Crippen MR) is 18.2 cm³/mol. The molecule has 0 aromatic heterocycles. The van der Waals surface area contributed by atoms with Gasteiger partial charge in [0, 0.05) is 0 Å². The van der Waals surface area contributed by atoms with Crippen molar-refractivity contribution in [2.24, 2.45) is 0 Å². The number of carbonyl (C=O) groups excluding carboxylic acids is 2. The Bertz CT molecular complexity index is 96.7. The molecule has 0 saturated carbocycles. The fraction of sp³-hybridized carbons (Fsp3) is 0. The Morgan fingerprint density at radius 2 is 1.09 bits per heavy atom. The van der Waals surface area contributed by atoms with E-state index in [0.717, 1.165) is 0 Å². The fourth-order valence-electron chi connectivity index (χ4n) is 0. The van der Waals surface area contributed by atoms with E-state index >= 15 is 0 Å². The monoisotopic (exact) mass is 212 g/mol. The second-order valence-corrected chi connectivity index (χ2v) is 0.683. The number of hydrogen-bond acceptors (Lipinski definition) is 8. The van der Waals surface area contributed by atoms with Gasteiger partial charge in [0.1, 0.15) is 0 Å². The van der Waals surface area contributed by atoms with Crippen molar-refractivity contribution in [2.75, 3.05) is 0 Å². The minimum absolute atomic E-state index is 0. The first kappa shape index (κ1) is 16.5. The van der Waals surface area contributed by atoms with Crippen LogP contribution in [0.2, 0.25) is 0 Å². The molecule has 0 aliphatic carbocycles. The SMILES string of the molecule is O=C([O-])OO.O=C([O-])OO.[Ni+2]. The molecular weight excluding hydrogens is 211 g/mol. The van der Waals surface area contributed by atoms with Gasteiger partial charge < -0.3 is 29.6 Å². The molecular formula is C2H2NiO8. The van der Waals surface area contributed by atoms with Crippen molar-refractivity contribution < 1.29 is 56.6 Å². The van der Waals surface area contributed by atoms with Gasteiger partial charge in [0.25, 0.3) is 12.3 Å². The molecule has 11 heavy (non-hydrogen) atoms. The summed E-state index contributed by atoms with van der Waals surface area (Å²) < 4.78 is 0. The molecule has 0 aromatic carbocycles. The van der Waals surface area contributed by atoms with Crippen molar-refractivity contribution in [1.29, 1.82) is 0 Å². The molecule has 0 aliphatic rings. The topological polar surface area (TPSA) is 139 Å². The summed E-state index contributed by atoms with van der Waals surface area (Å²) in [6.07, 6.45) is -3.88. The van der Waals surface area contributed by atoms with Crippen LogP contribution in [-0.4, -0.2) is 22.8 Å². The van der Waals surface area contributed by atoms with Crippen LogP contribution in [0.5, 0.6) is 0 Å². The Kier molecular flexibility index (Phi) is 17.6. The maximum atomic E-state index is 8.78. The first-order chi connectivity index (χ1) is 4.54. The minimum atomic E-state index is -1.94. The first-order valence-electron chi connectivity index (χ1n) is 1.59. The van der Waals surface area contributed by atoms with Crippen LogP contribution >= 0.6 is 0 Å². The Morgan fingerprint density at radius 3 is 1.09 bits per heavy atom. The molecule has 0 atom stereocenters. The summed E-state index contributed by atoms with van der Waals surface area (Å²) in [4.78, 5) is 22.7. The van der Waals surface area contributed by atoms with Crippen molar-refractivity contribution >= 4 is 12.3 Å². The Labute approximate surface area is 69.7 Å². The van der Waals surface area contributed by atoms with E-state index in [0.29, 0.717) is 0 Å². The van der Waals surface area contributed by atoms with E-state index in [4.69, 9.17) is 30.3 Å². The van der Waals surface area contributed by atoms with E-state index in [9.17, 15) is 0 Å². The molecule has 9 heteroatoms. The first-order valence-corrected chi connectivity index (χ1v) is 1.59. The van der Waals surface area contributed by atoms with Crippen LogP contribution in [0.15, 0.2) is 0 Å². The normalized spacial score (nSPS) is 6.00. The van der Waals surface area contributed by atoms with Gasteiger partial charge in [-0.05, 0) is 0 Å². The predicted octanol–water partition coefficient (Wildman–Crippen LogP) is -2.36. The second-order valence-electron chi connectivity index (χ2n) is 0.683. The van der Waals surface area contributed by atoms with Crippen LogP contribution in [0.4, 0.5) is 9.59 Å². The van der Waals surface area contributed by atoms with Gasteiger partial charge in [-0.2, -0.15) is 0 Å². The van der Waals surface area contributed by atoms with Gasteiger partial charge in [-0.15, -0.1) is 0 Å². The maximum absolute atomic E-state index is 8.78. The molecule has 8 nitrogen and oxygen atoms in total. The zero-order valence-corrected chi connectivity index (χ0v) is 5.65. The summed E-state index contributed by atoms with van der Waals surface area (Å²) in [6, 6.07) is 0. The van der Waals surface area contributed by atoms with Crippen molar-refractivity contribution in [3.8, 4) is 0 Å². The van der Waals surface area contributed by atoms with E-state index in [1.54, 1.807) is 0 Å². The van der Waals surface area contributed by atoms with Crippen molar-refractivity contribution in [1.82, 2.24) is 0 Å². The Morgan fingerprint density at radius 1 is 1.00 bits per heavy atom. The Hall–Kier alpha value is -1.05. The van der Waals surface area contributed by atoms with Crippen LogP contribution < -0.4 is 10.2 Å². The van der Waals surface area contributed by atoms with Gasteiger partial charge in [0.05, 0.1) is 0 Å². The Balaban J connectivity index is -0.000000107. The number of hydrogen-bond donors (Lipinski definition) is 2. The van der Waals surface area contributed by atoms with Gasteiger partial charge in [-0.3, -0.25) is 10.5 Å². The van der Waals surface area contributed by atoms with E-state index in [2.05, 4.69) is 9.78 Å². The molecule has 0 saturated heterocycles. The molecule has 2 N–H and O–H groups in total. The summed E-state index contributed by atoms with van der Waals surface area (Å²) in [5.41, 5.74) is 0. The second kappa shape index (κ2) is 11.7. The summed E-state index contributed by atoms with van der Waals surface area (Å²) in [6.45, 7) is 0. The van der Waals surface area contributed by atoms with Crippen molar-refractivity contribution in [3.05, 3.63) is 0 Å². The molecule has 0 spiro atoms. The van der Waals surface area contributed by atoms with Gasteiger partial charge in [-0.25, -0.2) is 0 Å². The maximum Gasteiger partial charge on any atom is 2.00 e. The van der Waals surface area contributed by atoms with Crippen molar-refractivity contribution in [2.45, 2.75) is 0 Å². The molecule has 0 unspecified atom stereocenters. The van der Waals surface area contributed by atoms with Crippen LogP contribution in [0.3, 0.4) is 0 Å². The van der Waals surface area contributed by atoms with E-state index in [1.807, 2.05) is 0 Å². The molecule has 0 radical (unpaired) electrons. The fourth-order valence-corrected chi connectivity index (χ4v) is 0. The number of rotatable bonds is 0. The molecule has 0 fully saturated rings. The molecule has 0 rings (SSSR count). The largest absolute Gasteiger partial charge is 2.00 e. The van der Waals surface area contributed by atoms with Gasteiger partial charge in [0.2, 0.25) is 0 Å². The van der Waals surface area contributed by atoms with E-state index in [1.165, 1.54) is 0 Å².